The molecule has 0 bridgehead atoms. The van der Waals surface area contributed by atoms with Crippen LogP contribution in [0.5, 0.6) is 0 Å². The highest BCUT2D eigenvalue weighted by Gasteiger charge is 2.67. The zero-order chi connectivity index (χ0) is 15.7. The maximum atomic E-state index is 12.5. The number of piperidine rings is 1. The smallest absolute Gasteiger partial charge is 0.414 e. The van der Waals surface area contributed by atoms with Crippen molar-refractivity contribution in [2.24, 2.45) is 5.92 Å². The summed E-state index contributed by atoms with van der Waals surface area (Å²) in [7, 11) is 0. The van der Waals surface area contributed by atoms with Gasteiger partial charge in [-0.1, -0.05) is 24.3 Å². The summed E-state index contributed by atoms with van der Waals surface area (Å²) in [5.41, 5.74) is 2.49. The van der Waals surface area contributed by atoms with Crippen molar-refractivity contribution in [2.45, 2.75) is 44.3 Å². The molecule has 1 spiro atoms. The molecule has 2 fully saturated rings. The van der Waals surface area contributed by atoms with E-state index in [1.807, 2.05) is 45.0 Å². The Morgan fingerprint density at radius 2 is 2.09 bits per heavy atom. The average molecular weight is 299 g/mol. The minimum absolute atomic E-state index is 0.0767. The van der Waals surface area contributed by atoms with Crippen LogP contribution in [-0.2, 0) is 10.2 Å². The number of aliphatic hydroxyl groups is 1. The average Bonchev–Trinajstić information content (AvgIpc) is 3.06. The highest BCUT2D eigenvalue weighted by atomic mass is 16.6. The Kier molecular flexibility index (Phi) is 2.60. The molecule has 116 valence electrons. The van der Waals surface area contributed by atoms with Gasteiger partial charge in [0.05, 0.1) is 6.10 Å². The summed E-state index contributed by atoms with van der Waals surface area (Å²) in [6.07, 6.45) is 1.93. The Hall–Kier alpha value is -1.81. The number of aliphatic hydroxyl groups excluding tert-OH is 1. The molecule has 4 rings (SSSR count). The Balaban J connectivity index is 1.72. The lowest BCUT2D eigenvalue weighted by atomic mass is 9.81. The topological polar surface area (TPSA) is 49.8 Å². The second-order valence-electron chi connectivity index (χ2n) is 7.55. The fourth-order valence-corrected chi connectivity index (χ4v) is 4.02. The lowest BCUT2D eigenvalue weighted by molar-refractivity contribution is 0.0319. The number of carbonyl (C=O) groups is 1. The minimum Gasteiger partial charge on any atom is -0.443 e. The summed E-state index contributed by atoms with van der Waals surface area (Å²) in [5.74, 6) is 0.444. The fraction of sp³-hybridized carbons (Fsp3) is 0.500. The number of fused-ring (bicyclic) bond motifs is 1. The molecule has 0 radical (unpaired) electrons. The maximum Gasteiger partial charge on any atom is 0.414 e. The van der Waals surface area contributed by atoms with Gasteiger partial charge in [-0.25, -0.2) is 4.79 Å². The van der Waals surface area contributed by atoms with Gasteiger partial charge in [-0.2, -0.15) is 0 Å². The van der Waals surface area contributed by atoms with Crippen LogP contribution in [0.2, 0.25) is 0 Å². The number of hydrogen-bond donors (Lipinski definition) is 1. The molecular formula is C18H21NO3. The van der Waals surface area contributed by atoms with Gasteiger partial charge in [0.25, 0.3) is 0 Å². The number of nitrogens with zero attached hydrogens (tertiary/aromatic N) is 1. The third-order valence-corrected chi connectivity index (χ3v) is 4.95. The van der Waals surface area contributed by atoms with E-state index >= 15 is 0 Å². The lowest BCUT2D eigenvalue weighted by Gasteiger charge is -2.33. The van der Waals surface area contributed by atoms with Crippen molar-refractivity contribution in [1.82, 2.24) is 4.90 Å². The monoisotopic (exact) mass is 299 g/mol. The molecule has 22 heavy (non-hydrogen) atoms. The van der Waals surface area contributed by atoms with Gasteiger partial charge in [0.1, 0.15) is 5.60 Å². The SMILES string of the molecule is CC(C)(C)OC(=O)N1CC2C[C@@]23C1=CC(O)c1ccccc13. The first-order valence-corrected chi connectivity index (χ1v) is 7.83. The molecule has 2 aliphatic carbocycles. The summed E-state index contributed by atoms with van der Waals surface area (Å²) in [4.78, 5) is 14.2. The first-order chi connectivity index (χ1) is 10.3. The molecule has 4 nitrogen and oxygen atoms in total. The Bertz CT molecular complexity index is 688. The molecule has 1 aromatic rings. The van der Waals surface area contributed by atoms with Crippen LogP contribution in [0.4, 0.5) is 4.79 Å². The summed E-state index contributed by atoms with van der Waals surface area (Å²) in [5, 5.41) is 10.4. The molecule has 1 saturated heterocycles. The van der Waals surface area contributed by atoms with Crippen molar-refractivity contribution in [1.29, 1.82) is 0 Å². The first kappa shape index (κ1) is 13.8. The van der Waals surface area contributed by atoms with Crippen LogP contribution in [0.15, 0.2) is 36.0 Å². The second-order valence-corrected chi connectivity index (χ2v) is 7.55. The van der Waals surface area contributed by atoms with E-state index in [4.69, 9.17) is 4.74 Å². The Labute approximate surface area is 130 Å². The van der Waals surface area contributed by atoms with Crippen LogP contribution < -0.4 is 0 Å². The number of benzene rings is 1. The van der Waals surface area contributed by atoms with E-state index in [1.165, 1.54) is 5.56 Å². The zero-order valence-electron chi connectivity index (χ0n) is 13.2. The third-order valence-electron chi connectivity index (χ3n) is 4.95. The summed E-state index contributed by atoms with van der Waals surface area (Å²) in [6.45, 7) is 6.30. The molecule has 4 heteroatoms. The van der Waals surface area contributed by atoms with E-state index in [0.717, 1.165) is 17.7 Å². The van der Waals surface area contributed by atoms with Crippen molar-refractivity contribution in [3.63, 3.8) is 0 Å². The molecule has 1 aliphatic heterocycles. The fourth-order valence-electron chi connectivity index (χ4n) is 4.02. The number of ether oxygens (including phenoxy) is 1. The molecule has 1 aromatic carbocycles. The van der Waals surface area contributed by atoms with Crippen molar-refractivity contribution in [2.75, 3.05) is 6.54 Å². The summed E-state index contributed by atoms with van der Waals surface area (Å²) in [6, 6.07) is 8.03. The first-order valence-electron chi connectivity index (χ1n) is 7.83. The number of allylic oxidation sites excluding steroid dienone is 1. The quantitative estimate of drug-likeness (QED) is 0.800. The molecule has 3 atom stereocenters. The predicted octanol–water partition coefficient (Wildman–Crippen LogP) is 3.13. The van der Waals surface area contributed by atoms with Crippen LogP contribution in [-0.4, -0.2) is 28.2 Å². The number of amides is 1. The van der Waals surface area contributed by atoms with E-state index in [1.54, 1.807) is 4.90 Å². The molecule has 0 aromatic heterocycles. The molecule has 3 aliphatic rings. The van der Waals surface area contributed by atoms with Gasteiger partial charge in [0, 0.05) is 17.7 Å². The van der Waals surface area contributed by atoms with E-state index < -0.39 is 11.7 Å². The number of carbonyl (C=O) groups excluding carboxylic acids is 1. The molecule has 1 amide bonds. The van der Waals surface area contributed by atoms with E-state index in [0.29, 0.717) is 12.5 Å². The van der Waals surface area contributed by atoms with Crippen molar-refractivity contribution < 1.29 is 14.6 Å². The molecular weight excluding hydrogens is 278 g/mol. The van der Waals surface area contributed by atoms with E-state index in [2.05, 4.69) is 6.07 Å². The predicted molar refractivity (Wildman–Crippen MR) is 82.2 cm³/mol. The van der Waals surface area contributed by atoms with Crippen molar-refractivity contribution >= 4 is 6.09 Å². The van der Waals surface area contributed by atoms with Gasteiger partial charge < -0.3 is 9.84 Å². The highest BCUT2D eigenvalue weighted by Crippen LogP contribution is 2.67. The normalized spacial score (nSPS) is 31.8. The van der Waals surface area contributed by atoms with Gasteiger partial charge in [-0.15, -0.1) is 0 Å². The molecule has 1 heterocycles. The molecule has 1 N–H and O–H groups in total. The maximum absolute atomic E-state index is 12.5. The number of likely N-dealkylation sites (tertiary alicyclic amines) is 1. The molecule has 1 saturated carbocycles. The van der Waals surface area contributed by atoms with Gasteiger partial charge in [-0.3, -0.25) is 4.90 Å². The van der Waals surface area contributed by atoms with Gasteiger partial charge in [-0.05, 0) is 50.3 Å². The van der Waals surface area contributed by atoms with Crippen LogP contribution in [0.3, 0.4) is 0 Å². The Morgan fingerprint density at radius 1 is 1.36 bits per heavy atom. The largest absolute Gasteiger partial charge is 0.443 e. The Morgan fingerprint density at radius 3 is 2.82 bits per heavy atom. The van der Waals surface area contributed by atoms with Crippen molar-refractivity contribution in [3.05, 3.63) is 47.2 Å². The van der Waals surface area contributed by atoms with Crippen LogP contribution in [0.1, 0.15) is 44.4 Å². The van der Waals surface area contributed by atoms with Crippen LogP contribution in [0, 0.1) is 5.92 Å². The lowest BCUT2D eigenvalue weighted by Crippen LogP contribution is -2.37. The highest BCUT2D eigenvalue weighted by molar-refractivity contribution is 5.75. The minimum atomic E-state index is -0.652. The third kappa shape index (κ3) is 1.76. The van der Waals surface area contributed by atoms with Crippen LogP contribution >= 0.6 is 0 Å². The standard InChI is InChI=1S/C18H21NO3/c1-17(2,3)22-16(21)19-10-11-9-18(11)13-7-5-4-6-12(13)14(20)8-15(18)19/h4-8,11,14,20H,9-10H2,1-3H3/t11?,14?,18-/m1/s1. The molecule has 2 unspecified atom stereocenters. The van der Waals surface area contributed by atoms with Crippen molar-refractivity contribution in [3.8, 4) is 0 Å². The zero-order valence-corrected chi connectivity index (χ0v) is 13.2. The number of hydrogen-bond acceptors (Lipinski definition) is 3. The summed E-state index contributed by atoms with van der Waals surface area (Å²) < 4.78 is 5.52. The van der Waals surface area contributed by atoms with Gasteiger partial charge in [0.2, 0.25) is 0 Å². The van der Waals surface area contributed by atoms with Gasteiger partial charge >= 0.3 is 6.09 Å². The van der Waals surface area contributed by atoms with Gasteiger partial charge in [0.15, 0.2) is 0 Å². The van der Waals surface area contributed by atoms with E-state index in [-0.39, 0.29) is 11.5 Å². The number of rotatable bonds is 0. The van der Waals surface area contributed by atoms with E-state index in [9.17, 15) is 9.90 Å². The van der Waals surface area contributed by atoms with Crippen LogP contribution in [0.25, 0.3) is 0 Å². The summed E-state index contributed by atoms with van der Waals surface area (Å²) >= 11 is 0. The second kappa shape index (κ2) is 4.13.